The lowest BCUT2D eigenvalue weighted by molar-refractivity contribution is -0.0511. The number of aliphatic hydroxyl groups is 1. The van der Waals surface area contributed by atoms with Crippen LogP contribution >= 0.6 is 0 Å². The van der Waals surface area contributed by atoms with Crippen LogP contribution in [0.2, 0.25) is 0 Å². The van der Waals surface area contributed by atoms with Crippen LogP contribution in [-0.2, 0) is 6.54 Å². The van der Waals surface area contributed by atoms with Crippen molar-refractivity contribution in [3.8, 4) is 11.5 Å². The van der Waals surface area contributed by atoms with Crippen LogP contribution in [0.1, 0.15) is 18.4 Å². The maximum absolute atomic E-state index is 12.5. The highest BCUT2D eigenvalue weighted by atomic mass is 19.3. The molecule has 1 N–H and O–H groups in total. The topological polar surface area (TPSA) is 41.9 Å². The molecule has 0 saturated carbocycles. The van der Waals surface area contributed by atoms with Crippen molar-refractivity contribution in [1.82, 2.24) is 4.90 Å². The Morgan fingerprint density at radius 3 is 2.90 bits per heavy atom. The van der Waals surface area contributed by atoms with Crippen LogP contribution in [0.15, 0.2) is 18.2 Å². The van der Waals surface area contributed by atoms with Gasteiger partial charge in [0.1, 0.15) is 11.5 Å². The number of likely N-dealkylation sites (tertiary alicyclic amines) is 1. The fourth-order valence-electron chi connectivity index (χ4n) is 2.41. The molecule has 1 aliphatic heterocycles. The van der Waals surface area contributed by atoms with Gasteiger partial charge < -0.3 is 14.6 Å². The van der Waals surface area contributed by atoms with E-state index in [1.54, 1.807) is 12.1 Å². The lowest BCUT2D eigenvalue weighted by atomic mass is 10.1. The quantitative estimate of drug-likeness (QED) is 0.902. The highest BCUT2D eigenvalue weighted by Gasteiger charge is 2.20. The van der Waals surface area contributed by atoms with Crippen molar-refractivity contribution < 1.29 is 23.4 Å². The maximum Gasteiger partial charge on any atom is 0.387 e. The Bertz CT molecular complexity index is 442. The number of alkyl halides is 2. The summed E-state index contributed by atoms with van der Waals surface area (Å²) in [4.78, 5) is 2.04. The number of hydrogen-bond donors (Lipinski definition) is 1. The van der Waals surface area contributed by atoms with E-state index >= 15 is 0 Å². The number of β-amino-alcohol motifs (C(OH)–C–C–N with tert-alkyl or cyclic N) is 1. The van der Waals surface area contributed by atoms with E-state index in [0.29, 0.717) is 24.4 Å². The first-order chi connectivity index (χ1) is 9.58. The Balaban J connectivity index is 2.12. The van der Waals surface area contributed by atoms with Crippen LogP contribution in [0, 0.1) is 0 Å². The largest absolute Gasteiger partial charge is 0.497 e. The van der Waals surface area contributed by atoms with E-state index in [9.17, 15) is 13.9 Å². The summed E-state index contributed by atoms with van der Waals surface area (Å²) in [5, 5.41) is 9.64. The summed E-state index contributed by atoms with van der Waals surface area (Å²) in [6.07, 6.45) is 1.35. The van der Waals surface area contributed by atoms with Gasteiger partial charge in [0.2, 0.25) is 0 Å². The Labute approximate surface area is 116 Å². The van der Waals surface area contributed by atoms with E-state index in [-0.39, 0.29) is 11.9 Å². The van der Waals surface area contributed by atoms with Crippen molar-refractivity contribution in [2.45, 2.75) is 32.1 Å². The van der Waals surface area contributed by atoms with Gasteiger partial charge in [0.25, 0.3) is 0 Å². The van der Waals surface area contributed by atoms with Gasteiger partial charge in [0.15, 0.2) is 0 Å². The van der Waals surface area contributed by atoms with E-state index < -0.39 is 6.61 Å². The predicted octanol–water partition coefficient (Wildman–Crippen LogP) is 2.25. The van der Waals surface area contributed by atoms with Gasteiger partial charge in [0, 0.05) is 24.7 Å². The normalized spacial score (nSPS) is 20.1. The minimum atomic E-state index is -2.87. The molecule has 0 aromatic heterocycles. The van der Waals surface area contributed by atoms with E-state index in [1.807, 2.05) is 4.90 Å². The molecule has 112 valence electrons. The summed E-state index contributed by atoms with van der Waals surface area (Å²) >= 11 is 0. The number of piperidine rings is 1. The second-order valence-electron chi connectivity index (χ2n) is 4.88. The van der Waals surface area contributed by atoms with Crippen LogP contribution in [0.4, 0.5) is 8.78 Å². The SMILES string of the molecule is COc1ccc(CN2CCCC(O)C2)c(OC(F)F)c1. The summed E-state index contributed by atoms with van der Waals surface area (Å²) in [6.45, 7) is -0.992. The molecule has 2 rings (SSSR count). The molecule has 20 heavy (non-hydrogen) atoms. The molecule has 0 bridgehead atoms. The number of nitrogens with zero attached hydrogens (tertiary/aromatic N) is 1. The van der Waals surface area contributed by atoms with Crippen molar-refractivity contribution in [2.24, 2.45) is 0 Å². The molecule has 0 radical (unpaired) electrons. The highest BCUT2D eigenvalue weighted by molar-refractivity contribution is 5.40. The van der Waals surface area contributed by atoms with Crippen LogP contribution in [0.5, 0.6) is 11.5 Å². The first-order valence-electron chi connectivity index (χ1n) is 6.60. The van der Waals surface area contributed by atoms with Crippen molar-refractivity contribution in [1.29, 1.82) is 0 Å². The first kappa shape index (κ1) is 15.0. The van der Waals surface area contributed by atoms with Gasteiger partial charge in [-0.1, -0.05) is 6.07 Å². The third-order valence-corrected chi connectivity index (χ3v) is 3.36. The highest BCUT2D eigenvalue weighted by Crippen LogP contribution is 2.28. The van der Waals surface area contributed by atoms with Gasteiger partial charge in [-0.2, -0.15) is 8.78 Å². The van der Waals surface area contributed by atoms with Crippen LogP contribution in [0.25, 0.3) is 0 Å². The molecule has 0 spiro atoms. The number of benzene rings is 1. The molecule has 1 heterocycles. The summed E-state index contributed by atoms with van der Waals surface area (Å²) in [7, 11) is 1.47. The van der Waals surface area contributed by atoms with E-state index in [0.717, 1.165) is 19.4 Å². The molecule has 1 aromatic rings. The molecule has 1 unspecified atom stereocenters. The second kappa shape index (κ2) is 6.85. The van der Waals surface area contributed by atoms with Gasteiger partial charge in [-0.15, -0.1) is 0 Å². The Kier molecular flexibility index (Phi) is 5.14. The minimum Gasteiger partial charge on any atom is -0.497 e. The fraction of sp³-hybridized carbons (Fsp3) is 0.571. The third-order valence-electron chi connectivity index (χ3n) is 3.36. The maximum atomic E-state index is 12.5. The zero-order valence-electron chi connectivity index (χ0n) is 11.4. The molecule has 0 aliphatic carbocycles. The molecule has 4 nitrogen and oxygen atoms in total. The molecular formula is C14H19F2NO3. The summed E-state index contributed by atoms with van der Waals surface area (Å²) in [6, 6.07) is 4.90. The van der Waals surface area contributed by atoms with Crippen molar-refractivity contribution in [3.05, 3.63) is 23.8 Å². The number of rotatable bonds is 5. The van der Waals surface area contributed by atoms with Gasteiger partial charge >= 0.3 is 6.61 Å². The van der Waals surface area contributed by atoms with Crippen molar-refractivity contribution in [3.63, 3.8) is 0 Å². The zero-order valence-corrected chi connectivity index (χ0v) is 11.4. The Morgan fingerprint density at radius 1 is 1.45 bits per heavy atom. The number of methoxy groups -OCH3 is 1. The van der Waals surface area contributed by atoms with Crippen molar-refractivity contribution >= 4 is 0 Å². The zero-order chi connectivity index (χ0) is 14.5. The summed E-state index contributed by atoms with van der Waals surface area (Å²) in [5.41, 5.74) is 0.667. The second-order valence-corrected chi connectivity index (χ2v) is 4.88. The monoisotopic (exact) mass is 287 g/mol. The van der Waals surface area contributed by atoms with Gasteiger partial charge in [-0.25, -0.2) is 0 Å². The van der Waals surface area contributed by atoms with Crippen LogP contribution < -0.4 is 9.47 Å². The molecule has 1 fully saturated rings. The fourth-order valence-corrected chi connectivity index (χ4v) is 2.41. The first-order valence-corrected chi connectivity index (χ1v) is 6.60. The molecule has 1 aromatic carbocycles. The van der Waals surface area contributed by atoms with Crippen LogP contribution in [-0.4, -0.2) is 42.9 Å². The minimum absolute atomic E-state index is 0.124. The average Bonchev–Trinajstić information content (AvgIpc) is 2.40. The summed E-state index contributed by atoms with van der Waals surface area (Å²) < 4.78 is 34.5. The lowest BCUT2D eigenvalue weighted by Crippen LogP contribution is -2.37. The third kappa shape index (κ3) is 4.05. The van der Waals surface area contributed by atoms with Crippen molar-refractivity contribution in [2.75, 3.05) is 20.2 Å². The molecule has 1 saturated heterocycles. The smallest absolute Gasteiger partial charge is 0.387 e. The summed E-state index contributed by atoms with van der Waals surface area (Å²) in [5.74, 6) is 0.600. The van der Waals surface area contributed by atoms with Gasteiger partial charge in [0.05, 0.1) is 13.2 Å². The number of hydrogen-bond acceptors (Lipinski definition) is 4. The number of aliphatic hydroxyl groups excluding tert-OH is 1. The molecule has 1 aliphatic rings. The average molecular weight is 287 g/mol. The van der Waals surface area contributed by atoms with E-state index in [4.69, 9.17) is 4.74 Å². The molecule has 0 amide bonds. The molecular weight excluding hydrogens is 268 g/mol. The Hall–Kier alpha value is -1.40. The molecule has 1 atom stereocenters. The van der Waals surface area contributed by atoms with Gasteiger partial charge in [-0.05, 0) is 25.5 Å². The van der Waals surface area contributed by atoms with E-state index in [2.05, 4.69) is 4.74 Å². The Morgan fingerprint density at radius 2 is 2.25 bits per heavy atom. The molecule has 6 heteroatoms. The number of halogens is 2. The lowest BCUT2D eigenvalue weighted by Gasteiger charge is -2.30. The van der Waals surface area contributed by atoms with E-state index in [1.165, 1.54) is 13.2 Å². The standard InChI is InChI=1S/C14H19F2NO3/c1-19-12-5-4-10(13(7-12)20-14(15)16)8-17-6-2-3-11(18)9-17/h4-5,7,11,14,18H,2-3,6,8-9H2,1H3. The van der Waals surface area contributed by atoms with Gasteiger partial charge in [-0.3, -0.25) is 4.90 Å². The van der Waals surface area contributed by atoms with Crippen LogP contribution in [0.3, 0.4) is 0 Å². The predicted molar refractivity (Wildman–Crippen MR) is 70.1 cm³/mol. The number of ether oxygens (including phenoxy) is 2.